The van der Waals surface area contributed by atoms with E-state index in [2.05, 4.69) is 10.00 Å². The van der Waals surface area contributed by atoms with E-state index < -0.39 is 23.0 Å². The predicted molar refractivity (Wildman–Crippen MR) is 80.0 cm³/mol. The Kier molecular flexibility index (Phi) is 4.36. The van der Waals surface area contributed by atoms with E-state index in [-0.39, 0.29) is 12.1 Å². The van der Waals surface area contributed by atoms with Crippen LogP contribution in [0.4, 0.5) is 18.9 Å². The summed E-state index contributed by atoms with van der Waals surface area (Å²) >= 11 is 0. The monoisotopic (exact) mass is 323 g/mol. The highest BCUT2D eigenvalue weighted by molar-refractivity contribution is 5.43. The van der Waals surface area contributed by atoms with Crippen molar-refractivity contribution in [3.63, 3.8) is 0 Å². The molecule has 1 aliphatic heterocycles. The lowest BCUT2D eigenvalue weighted by molar-refractivity contribution is 0.484. The molecule has 0 unspecified atom stereocenters. The van der Waals surface area contributed by atoms with Gasteiger partial charge in [0.15, 0.2) is 11.6 Å². The number of nitrogens with zero attached hydrogens (tertiary/aromatic N) is 3. The van der Waals surface area contributed by atoms with E-state index in [1.165, 1.54) is 12.5 Å². The third kappa shape index (κ3) is 3.38. The molecule has 0 saturated carbocycles. The summed E-state index contributed by atoms with van der Waals surface area (Å²) in [5.41, 5.74) is 0.207. The zero-order valence-corrected chi connectivity index (χ0v) is 12.4. The molecule has 0 N–H and O–H groups in total. The molecule has 1 aromatic carbocycles. The normalized spacial score (nSPS) is 15.0. The highest BCUT2D eigenvalue weighted by Crippen LogP contribution is 2.17. The summed E-state index contributed by atoms with van der Waals surface area (Å²) in [5.74, 6) is -3.32. The van der Waals surface area contributed by atoms with E-state index in [9.17, 15) is 18.0 Å². The van der Waals surface area contributed by atoms with Gasteiger partial charge in [0.1, 0.15) is 5.82 Å². The lowest BCUT2D eigenvalue weighted by atomic mass is 10.1. The van der Waals surface area contributed by atoms with Crippen LogP contribution in [0.5, 0.6) is 0 Å². The third-order valence-corrected chi connectivity index (χ3v) is 3.99. The first-order valence-electron chi connectivity index (χ1n) is 7.50. The minimum atomic E-state index is -1.26. The van der Waals surface area contributed by atoms with Gasteiger partial charge in [0.2, 0.25) is 0 Å². The van der Waals surface area contributed by atoms with Gasteiger partial charge in [0.05, 0.1) is 18.4 Å². The molecule has 2 heterocycles. The second-order valence-corrected chi connectivity index (χ2v) is 5.62. The summed E-state index contributed by atoms with van der Waals surface area (Å²) in [6, 6.07) is 2.66. The quantitative estimate of drug-likeness (QED) is 0.815. The summed E-state index contributed by atoms with van der Waals surface area (Å²) in [7, 11) is 0. The van der Waals surface area contributed by atoms with Crippen molar-refractivity contribution >= 4 is 5.69 Å². The van der Waals surface area contributed by atoms with Crippen LogP contribution in [0.25, 0.3) is 0 Å². The summed E-state index contributed by atoms with van der Waals surface area (Å²) < 4.78 is 40.8. The van der Waals surface area contributed by atoms with Crippen LogP contribution in [-0.4, -0.2) is 22.9 Å². The minimum Gasteiger partial charge on any atom is -0.370 e. The van der Waals surface area contributed by atoms with Gasteiger partial charge in [-0.3, -0.25) is 4.79 Å². The SMILES string of the molecule is O=c1cc(N2CCCCC2)cnn1Cc1cc(F)c(F)cc1F. The number of benzene rings is 1. The average molecular weight is 323 g/mol. The highest BCUT2D eigenvalue weighted by atomic mass is 19.2. The number of anilines is 1. The molecule has 0 aliphatic carbocycles. The molecule has 0 bridgehead atoms. The summed E-state index contributed by atoms with van der Waals surface area (Å²) in [5, 5.41) is 4.02. The van der Waals surface area contributed by atoms with Crippen LogP contribution in [0, 0.1) is 17.5 Å². The minimum absolute atomic E-state index is 0.121. The fraction of sp³-hybridized carbons (Fsp3) is 0.375. The van der Waals surface area contributed by atoms with Crippen molar-refractivity contribution in [2.24, 2.45) is 0 Å². The van der Waals surface area contributed by atoms with E-state index >= 15 is 0 Å². The van der Waals surface area contributed by atoms with Crippen LogP contribution in [0.1, 0.15) is 24.8 Å². The van der Waals surface area contributed by atoms with Crippen molar-refractivity contribution in [3.05, 3.63) is 57.8 Å². The van der Waals surface area contributed by atoms with E-state index in [0.29, 0.717) is 6.07 Å². The Hall–Kier alpha value is -2.31. The molecule has 7 heteroatoms. The van der Waals surface area contributed by atoms with Gasteiger partial charge >= 0.3 is 0 Å². The summed E-state index contributed by atoms with van der Waals surface area (Å²) in [6.07, 6.45) is 4.87. The maximum atomic E-state index is 13.7. The Morgan fingerprint density at radius 3 is 2.35 bits per heavy atom. The van der Waals surface area contributed by atoms with Crippen LogP contribution in [0.2, 0.25) is 0 Å². The van der Waals surface area contributed by atoms with E-state index in [4.69, 9.17) is 0 Å². The molecule has 0 amide bonds. The van der Waals surface area contributed by atoms with Gasteiger partial charge in [-0.2, -0.15) is 5.10 Å². The summed E-state index contributed by atoms with van der Waals surface area (Å²) in [6.45, 7) is 1.51. The van der Waals surface area contributed by atoms with Gasteiger partial charge in [0.25, 0.3) is 5.56 Å². The van der Waals surface area contributed by atoms with Gasteiger partial charge in [0, 0.05) is 30.8 Å². The maximum Gasteiger partial charge on any atom is 0.269 e. The Morgan fingerprint density at radius 2 is 1.65 bits per heavy atom. The zero-order valence-electron chi connectivity index (χ0n) is 12.4. The molecule has 23 heavy (non-hydrogen) atoms. The van der Waals surface area contributed by atoms with Crippen molar-refractivity contribution in [2.45, 2.75) is 25.8 Å². The van der Waals surface area contributed by atoms with Crippen molar-refractivity contribution in [2.75, 3.05) is 18.0 Å². The molecule has 1 aliphatic rings. The molecular formula is C16H16F3N3O. The Balaban J connectivity index is 1.84. The topological polar surface area (TPSA) is 38.1 Å². The zero-order chi connectivity index (χ0) is 16.4. The first-order valence-corrected chi connectivity index (χ1v) is 7.50. The number of halogens is 3. The number of hydrogen-bond acceptors (Lipinski definition) is 3. The van der Waals surface area contributed by atoms with E-state index in [1.807, 2.05) is 0 Å². The molecule has 0 spiro atoms. The molecule has 2 aromatic rings. The van der Waals surface area contributed by atoms with Crippen LogP contribution in [-0.2, 0) is 6.54 Å². The lowest BCUT2D eigenvalue weighted by Crippen LogP contribution is -2.32. The standard InChI is InChI=1S/C16H16F3N3O/c17-13-8-15(19)14(18)6-11(13)10-22-16(23)7-12(9-20-22)21-4-2-1-3-5-21/h6-9H,1-5,10H2. The molecule has 1 saturated heterocycles. The molecule has 4 nitrogen and oxygen atoms in total. The summed E-state index contributed by atoms with van der Waals surface area (Å²) in [4.78, 5) is 14.2. The van der Waals surface area contributed by atoms with Crippen molar-refractivity contribution in [1.82, 2.24) is 9.78 Å². The second kappa shape index (κ2) is 6.44. The van der Waals surface area contributed by atoms with Gasteiger partial charge in [-0.1, -0.05) is 0 Å². The molecule has 0 radical (unpaired) electrons. The molecule has 122 valence electrons. The Morgan fingerprint density at radius 1 is 0.957 bits per heavy atom. The first kappa shape index (κ1) is 15.6. The lowest BCUT2D eigenvalue weighted by Gasteiger charge is -2.28. The second-order valence-electron chi connectivity index (χ2n) is 5.62. The number of piperidine rings is 1. The largest absolute Gasteiger partial charge is 0.370 e. The maximum absolute atomic E-state index is 13.7. The smallest absolute Gasteiger partial charge is 0.269 e. The van der Waals surface area contributed by atoms with Crippen molar-refractivity contribution < 1.29 is 13.2 Å². The van der Waals surface area contributed by atoms with Crippen LogP contribution >= 0.6 is 0 Å². The van der Waals surface area contributed by atoms with Crippen LogP contribution in [0.3, 0.4) is 0 Å². The van der Waals surface area contributed by atoms with E-state index in [0.717, 1.165) is 42.4 Å². The van der Waals surface area contributed by atoms with Crippen LogP contribution in [0.15, 0.2) is 29.2 Å². The molecular weight excluding hydrogens is 307 g/mol. The predicted octanol–water partition coefficient (Wildman–Crippen LogP) is 2.70. The number of rotatable bonds is 3. The fourth-order valence-electron chi connectivity index (χ4n) is 2.71. The van der Waals surface area contributed by atoms with E-state index in [1.54, 1.807) is 6.20 Å². The molecule has 0 atom stereocenters. The average Bonchev–Trinajstić information content (AvgIpc) is 2.55. The first-order chi connectivity index (χ1) is 11.0. The highest BCUT2D eigenvalue weighted by Gasteiger charge is 2.14. The van der Waals surface area contributed by atoms with Crippen molar-refractivity contribution in [3.8, 4) is 0 Å². The van der Waals surface area contributed by atoms with Crippen molar-refractivity contribution in [1.29, 1.82) is 0 Å². The van der Waals surface area contributed by atoms with Gasteiger partial charge < -0.3 is 4.90 Å². The fourth-order valence-corrected chi connectivity index (χ4v) is 2.71. The number of hydrogen-bond donors (Lipinski definition) is 0. The molecule has 3 rings (SSSR count). The number of aromatic nitrogens is 2. The van der Waals surface area contributed by atoms with Crippen LogP contribution < -0.4 is 10.5 Å². The molecule has 1 aromatic heterocycles. The van der Waals surface area contributed by atoms with Gasteiger partial charge in [-0.25, -0.2) is 17.9 Å². The molecule has 1 fully saturated rings. The van der Waals surface area contributed by atoms with Gasteiger partial charge in [-0.05, 0) is 25.3 Å². The third-order valence-electron chi connectivity index (χ3n) is 3.99. The Bertz CT molecular complexity index is 770. The van der Waals surface area contributed by atoms with Gasteiger partial charge in [-0.15, -0.1) is 0 Å². The Labute approximate surface area is 131 Å².